The van der Waals surface area contributed by atoms with Crippen molar-refractivity contribution < 1.29 is 38.7 Å². The molecule has 0 aliphatic carbocycles. The van der Waals surface area contributed by atoms with Crippen molar-refractivity contribution in [2.75, 3.05) is 33.2 Å². The quantitative estimate of drug-likeness (QED) is 0.108. The Hall–Kier alpha value is -4.65. The molecule has 1 saturated heterocycles. The van der Waals surface area contributed by atoms with Gasteiger partial charge in [-0.25, -0.2) is 0 Å². The normalized spacial score (nSPS) is 25.5. The Morgan fingerprint density at radius 1 is 0.685 bits per heavy atom. The minimum absolute atomic E-state index is 0.00838. The fourth-order valence-electron chi connectivity index (χ4n) is 6.08. The van der Waals surface area contributed by atoms with Crippen LogP contribution in [-0.2, 0) is 40.0 Å². The highest BCUT2D eigenvalue weighted by atomic mass is 16.3. The SMILES string of the molecule is CC(C)C[C@@H]1NC(=O)[C@@H](Cc2ccccc2)NC(=O)[C@H](CCN)NC(=O)CCCNC(=O)C([C@@H](C)O)N(C)C(=O)[C@H](CCN)NC(=O)[C@H](CCN)NC1=O. The molecule has 0 radical (unpaired) electrons. The van der Waals surface area contributed by atoms with Gasteiger partial charge in [0.15, 0.2) is 0 Å². The highest BCUT2D eigenvalue weighted by Gasteiger charge is 2.37. The van der Waals surface area contributed by atoms with E-state index in [1.54, 1.807) is 30.3 Å². The average Bonchev–Trinajstić information content (AvgIpc) is 3.11. The van der Waals surface area contributed by atoms with E-state index in [1.807, 2.05) is 13.8 Å². The molecule has 1 heterocycles. The first-order chi connectivity index (χ1) is 25.6. The summed E-state index contributed by atoms with van der Waals surface area (Å²) in [6, 6.07) is 1.64. The summed E-state index contributed by atoms with van der Waals surface area (Å²) in [6.07, 6.45) is -1.08. The van der Waals surface area contributed by atoms with Gasteiger partial charge in [0, 0.05) is 26.4 Å². The van der Waals surface area contributed by atoms with E-state index in [9.17, 15) is 38.7 Å². The van der Waals surface area contributed by atoms with Gasteiger partial charge >= 0.3 is 0 Å². The molecule has 1 fully saturated rings. The zero-order chi connectivity index (χ0) is 40.4. The van der Waals surface area contributed by atoms with Crippen molar-refractivity contribution in [3.8, 4) is 0 Å². The van der Waals surface area contributed by atoms with Crippen LogP contribution in [-0.4, -0.2) is 127 Å². The lowest BCUT2D eigenvalue weighted by molar-refractivity contribution is -0.145. The predicted molar refractivity (Wildman–Crippen MR) is 201 cm³/mol. The Balaban J connectivity index is 2.57. The van der Waals surface area contributed by atoms with Gasteiger partial charge < -0.3 is 59.1 Å². The molecule has 7 atom stereocenters. The van der Waals surface area contributed by atoms with E-state index in [0.717, 1.165) is 4.90 Å². The minimum Gasteiger partial charge on any atom is -0.391 e. The highest BCUT2D eigenvalue weighted by Crippen LogP contribution is 2.12. The lowest BCUT2D eigenvalue weighted by Crippen LogP contribution is -2.61. The van der Waals surface area contributed by atoms with Crippen LogP contribution in [0.2, 0.25) is 0 Å². The monoisotopic (exact) mass is 760 g/mol. The number of nitrogens with two attached hydrogens (primary N) is 3. The molecule has 1 aliphatic rings. The van der Waals surface area contributed by atoms with Gasteiger partial charge in [-0.3, -0.25) is 33.6 Å². The summed E-state index contributed by atoms with van der Waals surface area (Å²) in [5.74, 6) is -4.83. The van der Waals surface area contributed by atoms with E-state index < -0.39 is 83.7 Å². The van der Waals surface area contributed by atoms with E-state index in [-0.39, 0.29) is 77.0 Å². The fourth-order valence-corrected chi connectivity index (χ4v) is 6.08. The van der Waals surface area contributed by atoms with E-state index in [1.165, 1.54) is 14.0 Å². The largest absolute Gasteiger partial charge is 0.391 e. The Kier molecular flexibility index (Phi) is 19.6. The number of aliphatic hydroxyl groups is 1. The Morgan fingerprint density at radius 3 is 1.72 bits per heavy atom. The molecular formula is C36H60N10O8. The van der Waals surface area contributed by atoms with Crippen LogP contribution in [0, 0.1) is 5.92 Å². The Labute approximate surface area is 316 Å². The molecule has 0 bridgehead atoms. The molecule has 18 nitrogen and oxygen atoms in total. The summed E-state index contributed by atoms with van der Waals surface area (Å²) in [6.45, 7) is 5.00. The van der Waals surface area contributed by atoms with E-state index in [0.29, 0.717) is 5.56 Å². The number of carbonyl (C=O) groups is 7. The Bertz CT molecular complexity index is 1410. The number of hydrogen-bond acceptors (Lipinski definition) is 11. The molecule has 0 aromatic heterocycles. The molecule has 2 rings (SSSR count). The van der Waals surface area contributed by atoms with Crippen LogP contribution in [0.3, 0.4) is 0 Å². The van der Waals surface area contributed by atoms with Crippen LogP contribution in [0.4, 0.5) is 0 Å². The lowest BCUT2D eigenvalue weighted by atomic mass is 10.00. The number of likely N-dealkylation sites (N-methyl/N-ethyl adjacent to an activating group) is 1. The van der Waals surface area contributed by atoms with Gasteiger partial charge in [0.25, 0.3) is 0 Å². The first kappa shape index (κ1) is 45.5. The summed E-state index contributed by atoms with van der Waals surface area (Å²) in [5.41, 5.74) is 18.1. The molecule has 54 heavy (non-hydrogen) atoms. The van der Waals surface area contributed by atoms with Crippen molar-refractivity contribution in [3.05, 3.63) is 35.9 Å². The third-order valence-electron chi connectivity index (χ3n) is 8.89. The molecule has 18 heteroatoms. The van der Waals surface area contributed by atoms with Gasteiger partial charge in [0.1, 0.15) is 36.3 Å². The summed E-state index contributed by atoms with van der Waals surface area (Å²) in [5, 5.41) is 26.5. The maximum atomic E-state index is 13.9. The first-order valence-corrected chi connectivity index (χ1v) is 18.5. The smallest absolute Gasteiger partial charge is 0.245 e. The summed E-state index contributed by atoms with van der Waals surface area (Å²) >= 11 is 0. The molecule has 302 valence electrons. The number of hydrogen-bond donors (Lipinski definition) is 10. The predicted octanol–water partition coefficient (Wildman–Crippen LogP) is -3.14. The standard InChI is InChI=1S/C36H60N10O8/c1-21(2)19-27-33(51)42-25(13-16-38)32(50)43-26(14-17-39)36(54)46(4)30(22(3)47)35(53)40-18-8-11-29(48)41-24(12-15-37)31(49)45-28(34(52)44-27)20-23-9-6-5-7-10-23/h5-7,9-10,21-22,24-28,30,47H,8,11-20,37-39H2,1-4H3,(H,40,53)(H,41,48)(H,42,51)(H,43,50)(H,44,52)(H,45,49)/t22-,24+,25+,26+,27+,28-,30?/m1/s1. The van der Waals surface area contributed by atoms with Crippen molar-refractivity contribution in [1.29, 1.82) is 0 Å². The highest BCUT2D eigenvalue weighted by molar-refractivity contribution is 5.97. The van der Waals surface area contributed by atoms with Crippen molar-refractivity contribution in [1.82, 2.24) is 36.8 Å². The number of nitrogens with one attached hydrogen (secondary N) is 6. The van der Waals surface area contributed by atoms with Crippen LogP contribution in [0.5, 0.6) is 0 Å². The molecular weight excluding hydrogens is 700 g/mol. The molecule has 7 amide bonds. The van der Waals surface area contributed by atoms with E-state index in [4.69, 9.17) is 17.2 Å². The van der Waals surface area contributed by atoms with Gasteiger partial charge in [-0.2, -0.15) is 0 Å². The molecule has 13 N–H and O–H groups in total. The van der Waals surface area contributed by atoms with Crippen molar-refractivity contribution in [3.63, 3.8) is 0 Å². The van der Waals surface area contributed by atoms with Crippen molar-refractivity contribution in [2.45, 2.75) is 108 Å². The molecule has 0 spiro atoms. The number of nitrogens with zero attached hydrogens (tertiary/aromatic N) is 1. The first-order valence-electron chi connectivity index (χ1n) is 18.5. The van der Waals surface area contributed by atoms with E-state index in [2.05, 4.69) is 31.9 Å². The summed E-state index contributed by atoms with van der Waals surface area (Å²) < 4.78 is 0. The van der Waals surface area contributed by atoms with Crippen molar-refractivity contribution >= 4 is 41.4 Å². The third-order valence-corrected chi connectivity index (χ3v) is 8.89. The second-order valence-corrected chi connectivity index (χ2v) is 13.9. The van der Waals surface area contributed by atoms with Gasteiger partial charge in [0.2, 0.25) is 41.4 Å². The number of aliphatic hydroxyl groups excluding tert-OH is 1. The number of benzene rings is 1. The van der Waals surface area contributed by atoms with Crippen LogP contribution >= 0.6 is 0 Å². The topological polar surface area (TPSA) is 293 Å². The summed E-state index contributed by atoms with van der Waals surface area (Å²) in [7, 11) is 1.30. The van der Waals surface area contributed by atoms with E-state index >= 15 is 0 Å². The van der Waals surface area contributed by atoms with Crippen LogP contribution < -0.4 is 49.1 Å². The second-order valence-electron chi connectivity index (χ2n) is 13.9. The maximum absolute atomic E-state index is 13.9. The third kappa shape index (κ3) is 14.6. The molecule has 1 unspecified atom stereocenters. The summed E-state index contributed by atoms with van der Waals surface area (Å²) in [4.78, 5) is 95.9. The van der Waals surface area contributed by atoms with Gasteiger partial charge in [-0.1, -0.05) is 44.2 Å². The van der Waals surface area contributed by atoms with Crippen LogP contribution in [0.15, 0.2) is 30.3 Å². The van der Waals surface area contributed by atoms with Gasteiger partial charge in [0.05, 0.1) is 6.10 Å². The van der Waals surface area contributed by atoms with Crippen LogP contribution in [0.1, 0.15) is 64.9 Å². The molecule has 0 saturated carbocycles. The second kappa shape index (κ2) is 23.2. The minimum atomic E-state index is -1.37. The fraction of sp³-hybridized carbons (Fsp3) is 0.639. The number of carbonyl (C=O) groups excluding carboxylic acids is 7. The molecule has 1 aromatic rings. The number of rotatable bonds is 11. The zero-order valence-corrected chi connectivity index (χ0v) is 31.8. The molecule has 1 aromatic carbocycles. The maximum Gasteiger partial charge on any atom is 0.245 e. The van der Waals surface area contributed by atoms with Crippen LogP contribution in [0.25, 0.3) is 0 Å². The Morgan fingerprint density at radius 2 is 1.17 bits per heavy atom. The van der Waals surface area contributed by atoms with Crippen molar-refractivity contribution in [2.24, 2.45) is 23.1 Å². The lowest BCUT2D eigenvalue weighted by Gasteiger charge is -2.33. The number of amides is 7. The van der Waals surface area contributed by atoms with Gasteiger partial charge in [-0.15, -0.1) is 0 Å². The average molecular weight is 761 g/mol. The van der Waals surface area contributed by atoms with Gasteiger partial charge in [-0.05, 0) is 70.1 Å². The zero-order valence-electron chi connectivity index (χ0n) is 31.8. The molecule has 1 aliphatic heterocycles.